The SMILES string of the molecule is CPc1ccccc1[N+](=O)[O-]. The quantitative estimate of drug-likeness (QED) is 0.382. The van der Waals surface area contributed by atoms with Gasteiger partial charge in [0.05, 0.1) is 4.92 Å². The zero-order chi connectivity index (χ0) is 8.27. The molecule has 0 heterocycles. The normalized spacial score (nSPS) is 10.6. The first kappa shape index (κ1) is 8.15. The molecule has 0 spiro atoms. The van der Waals surface area contributed by atoms with Crippen LogP contribution in [0.15, 0.2) is 24.3 Å². The van der Waals surface area contributed by atoms with E-state index in [1.54, 1.807) is 12.1 Å². The number of nitrogens with zero attached hydrogens (tertiary/aromatic N) is 1. The fourth-order valence-electron chi connectivity index (χ4n) is 0.844. The predicted molar refractivity (Wildman–Crippen MR) is 47.0 cm³/mol. The van der Waals surface area contributed by atoms with Crippen molar-refractivity contribution in [3.05, 3.63) is 34.4 Å². The van der Waals surface area contributed by atoms with Crippen LogP contribution in [0.3, 0.4) is 0 Å². The summed E-state index contributed by atoms with van der Waals surface area (Å²) in [4.78, 5) is 10.0. The molecule has 1 unspecified atom stereocenters. The molecule has 0 saturated carbocycles. The summed E-state index contributed by atoms with van der Waals surface area (Å²) < 4.78 is 0. The fraction of sp³-hybridized carbons (Fsp3) is 0.143. The Kier molecular flexibility index (Phi) is 2.55. The first-order valence-electron chi connectivity index (χ1n) is 3.17. The van der Waals surface area contributed by atoms with Gasteiger partial charge in [0.15, 0.2) is 0 Å². The molecule has 1 atom stereocenters. The third-order valence-corrected chi connectivity index (χ3v) is 2.33. The smallest absolute Gasteiger partial charge is 0.258 e. The Morgan fingerprint density at radius 2 is 2.09 bits per heavy atom. The summed E-state index contributed by atoms with van der Waals surface area (Å²) in [5, 5.41) is 11.2. The van der Waals surface area contributed by atoms with Crippen molar-refractivity contribution in [1.29, 1.82) is 0 Å². The molecule has 0 aliphatic carbocycles. The van der Waals surface area contributed by atoms with Crippen molar-refractivity contribution < 1.29 is 4.92 Å². The molecule has 1 rings (SSSR count). The van der Waals surface area contributed by atoms with Gasteiger partial charge >= 0.3 is 0 Å². The van der Waals surface area contributed by atoms with E-state index in [9.17, 15) is 10.1 Å². The van der Waals surface area contributed by atoms with Crippen LogP contribution < -0.4 is 5.30 Å². The third kappa shape index (κ3) is 1.75. The Labute approximate surface area is 66.4 Å². The molecular weight excluding hydrogens is 161 g/mol. The van der Waals surface area contributed by atoms with E-state index in [2.05, 4.69) is 0 Å². The summed E-state index contributed by atoms with van der Waals surface area (Å²) in [5.74, 6) is 0. The standard InChI is InChI=1S/C7H8NO2P/c1-11-7-5-3-2-4-6(7)8(9)10/h2-5,11H,1H3. The average Bonchev–Trinajstić information content (AvgIpc) is 2.04. The maximum Gasteiger partial charge on any atom is 0.276 e. The van der Waals surface area contributed by atoms with E-state index >= 15 is 0 Å². The molecule has 0 N–H and O–H groups in total. The highest BCUT2D eigenvalue weighted by molar-refractivity contribution is 7.46. The van der Waals surface area contributed by atoms with Gasteiger partial charge in [-0.1, -0.05) is 20.7 Å². The lowest BCUT2D eigenvalue weighted by Gasteiger charge is -1.96. The molecule has 3 nitrogen and oxygen atoms in total. The maximum atomic E-state index is 10.4. The van der Waals surface area contributed by atoms with Gasteiger partial charge in [0.1, 0.15) is 0 Å². The molecule has 11 heavy (non-hydrogen) atoms. The van der Waals surface area contributed by atoms with Gasteiger partial charge < -0.3 is 0 Å². The lowest BCUT2D eigenvalue weighted by Crippen LogP contribution is -2.02. The summed E-state index contributed by atoms with van der Waals surface area (Å²) in [6.45, 7) is 1.93. The van der Waals surface area contributed by atoms with E-state index in [0.29, 0.717) is 8.58 Å². The van der Waals surface area contributed by atoms with Crippen molar-refractivity contribution >= 4 is 19.6 Å². The zero-order valence-corrected chi connectivity index (χ0v) is 7.07. The monoisotopic (exact) mass is 169 g/mol. The van der Waals surface area contributed by atoms with Crippen molar-refractivity contribution in [1.82, 2.24) is 0 Å². The third-order valence-electron chi connectivity index (χ3n) is 1.37. The van der Waals surface area contributed by atoms with Crippen LogP contribution in [-0.4, -0.2) is 11.6 Å². The van der Waals surface area contributed by atoms with E-state index < -0.39 is 0 Å². The molecular formula is C7H8NO2P. The summed E-state index contributed by atoms with van der Waals surface area (Å²) in [6, 6.07) is 6.82. The van der Waals surface area contributed by atoms with Crippen LogP contribution in [0.2, 0.25) is 0 Å². The van der Waals surface area contributed by atoms with Crippen molar-refractivity contribution in [2.24, 2.45) is 0 Å². The van der Waals surface area contributed by atoms with Gasteiger partial charge in [0.2, 0.25) is 0 Å². The topological polar surface area (TPSA) is 43.1 Å². The largest absolute Gasteiger partial charge is 0.276 e. The molecule has 0 aliphatic rings. The highest BCUT2D eigenvalue weighted by Gasteiger charge is 2.08. The second kappa shape index (κ2) is 3.44. The van der Waals surface area contributed by atoms with Crippen molar-refractivity contribution in [2.45, 2.75) is 0 Å². The minimum Gasteiger partial charge on any atom is -0.258 e. The van der Waals surface area contributed by atoms with E-state index in [1.165, 1.54) is 6.07 Å². The number of hydrogen-bond acceptors (Lipinski definition) is 2. The summed E-state index contributed by atoms with van der Waals surface area (Å²) in [7, 11) is 0.480. The molecule has 0 saturated heterocycles. The number of nitro benzene ring substituents is 1. The second-order valence-electron chi connectivity index (χ2n) is 2.02. The van der Waals surface area contributed by atoms with Gasteiger partial charge in [0.25, 0.3) is 5.69 Å². The molecule has 0 amide bonds. The molecule has 0 fully saturated rings. The number of rotatable bonds is 2. The van der Waals surface area contributed by atoms with Gasteiger partial charge in [0, 0.05) is 11.4 Å². The second-order valence-corrected chi connectivity index (χ2v) is 3.06. The van der Waals surface area contributed by atoms with Gasteiger partial charge in [-0.15, -0.1) is 0 Å². The average molecular weight is 169 g/mol. The van der Waals surface area contributed by atoms with Crippen molar-refractivity contribution in [2.75, 3.05) is 6.66 Å². The molecule has 0 aliphatic heterocycles. The highest BCUT2D eigenvalue weighted by Crippen LogP contribution is 2.15. The van der Waals surface area contributed by atoms with Crippen LogP contribution in [0.4, 0.5) is 5.69 Å². The summed E-state index contributed by atoms with van der Waals surface area (Å²) in [5.41, 5.74) is 0.230. The van der Waals surface area contributed by atoms with Gasteiger partial charge in [-0.2, -0.15) is 0 Å². The molecule has 4 heteroatoms. The van der Waals surface area contributed by atoms with E-state index in [4.69, 9.17) is 0 Å². The Hall–Kier alpha value is -0.950. The summed E-state index contributed by atoms with van der Waals surface area (Å²) >= 11 is 0. The Morgan fingerprint density at radius 3 is 2.55 bits per heavy atom. The maximum absolute atomic E-state index is 10.4. The summed E-state index contributed by atoms with van der Waals surface area (Å²) in [6.07, 6.45) is 0. The minimum atomic E-state index is -0.341. The molecule has 1 aromatic rings. The minimum absolute atomic E-state index is 0.230. The molecule has 0 bridgehead atoms. The number of para-hydroxylation sites is 1. The number of hydrogen-bond donors (Lipinski definition) is 0. The van der Waals surface area contributed by atoms with Crippen LogP contribution in [0.1, 0.15) is 0 Å². The Balaban J connectivity index is 3.12. The molecule has 0 radical (unpaired) electrons. The number of nitro groups is 1. The lowest BCUT2D eigenvalue weighted by atomic mass is 10.3. The van der Waals surface area contributed by atoms with Gasteiger partial charge in [-0.25, -0.2) is 0 Å². The molecule has 0 aromatic heterocycles. The van der Waals surface area contributed by atoms with Crippen LogP contribution in [0, 0.1) is 10.1 Å². The highest BCUT2D eigenvalue weighted by atomic mass is 31.1. The predicted octanol–water partition coefficient (Wildman–Crippen LogP) is 1.53. The first-order valence-corrected chi connectivity index (χ1v) is 4.67. The van der Waals surface area contributed by atoms with Gasteiger partial charge in [-0.3, -0.25) is 10.1 Å². The Bertz CT molecular complexity index is 275. The van der Waals surface area contributed by atoms with Crippen molar-refractivity contribution in [3.8, 4) is 0 Å². The molecule has 58 valence electrons. The molecule has 1 aromatic carbocycles. The van der Waals surface area contributed by atoms with E-state index in [-0.39, 0.29) is 10.6 Å². The van der Waals surface area contributed by atoms with Crippen molar-refractivity contribution in [3.63, 3.8) is 0 Å². The van der Waals surface area contributed by atoms with Crippen LogP contribution in [0.25, 0.3) is 0 Å². The van der Waals surface area contributed by atoms with Crippen LogP contribution in [0.5, 0.6) is 0 Å². The fourth-order valence-corrected chi connectivity index (χ4v) is 1.54. The Morgan fingerprint density at radius 1 is 1.45 bits per heavy atom. The van der Waals surface area contributed by atoms with Crippen LogP contribution >= 0.6 is 8.58 Å². The first-order chi connectivity index (χ1) is 5.25. The number of benzene rings is 1. The lowest BCUT2D eigenvalue weighted by molar-refractivity contribution is -0.383. The van der Waals surface area contributed by atoms with Crippen LogP contribution in [-0.2, 0) is 0 Å². The van der Waals surface area contributed by atoms with E-state index in [0.717, 1.165) is 5.30 Å². The van der Waals surface area contributed by atoms with Gasteiger partial charge in [-0.05, 0) is 12.7 Å². The zero-order valence-electron chi connectivity index (χ0n) is 6.07. The van der Waals surface area contributed by atoms with E-state index in [1.807, 2.05) is 12.7 Å².